The number of aliphatic carboxylic acids is 1. The molecule has 27 heavy (non-hydrogen) atoms. The molecule has 10 heteroatoms. The molecule has 2 heterocycles. The molecule has 3 rings (SSSR count). The van der Waals surface area contributed by atoms with Crippen LogP contribution in [0.1, 0.15) is 32.1 Å². The number of para-hydroxylation sites is 1. The molecule has 4 N–H and O–H groups in total. The zero-order valence-corrected chi connectivity index (χ0v) is 15.9. The molecule has 1 unspecified atom stereocenters. The van der Waals surface area contributed by atoms with Gasteiger partial charge >= 0.3 is 5.97 Å². The maximum Gasteiger partial charge on any atom is 0.322 e. The van der Waals surface area contributed by atoms with E-state index in [0.717, 1.165) is 16.5 Å². The van der Waals surface area contributed by atoms with Gasteiger partial charge in [0, 0.05) is 19.6 Å². The van der Waals surface area contributed by atoms with Crippen molar-refractivity contribution in [2.45, 2.75) is 44.2 Å². The summed E-state index contributed by atoms with van der Waals surface area (Å²) in [5, 5.41) is 15.8. The molecular weight excluding hydrogens is 374 g/mol. The lowest BCUT2D eigenvalue weighted by molar-refractivity contribution is -0.142. The number of ether oxygens (including phenoxy) is 1. The van der Waals surface area contributed by atoms with Gasteiger partial charge in [0.25, 0.3) is 10.2 Å². The monoisotopic (exact) mass is 401 g/mol. The molecule has 2 aliphatic heterocycles. The van der Waals surface area contributed by atoms with Crippen molar-refractivity contribution in [1.82, 2.24) is 8.61 Å². The highest BCUT2D eigenvalue weighted by atomic mass is 32.2. The summed E-state index contributed by atoms with van der Waals surface area (Å²) in [5.41, 5.74) is 0. The number of hydrogen-bond donors (Lipinski definition) is 3. The van der Waals surface area contributed by atoms with Crippen LogP contribution in [0, 0.1) is 0 Å². The predicted octanol–water partition coefficient (Wildman–Crippen LogP) is 1.05. The van der Waals surface area contributed by atoms with Crippen LogP contribution in [-0.2, 0) is 15.0 Å². The molecule has 2 fully saturated rings. The van der Waals surface area contributed by atoms with E-state index in [-0.39, 0.29) is 12.6 Å². The number of benzene rings is 1. The fourth-order valence-electron chi connectivity index (χ4n) is 3.45. The normalized spacial score (nSPS) is 22.5. The van der Waals surface area contributed by atoms with Gasteiger partial charge in [0.15, 0.2) is 0 Å². The van der Waals surface area contributed by atoms with E-state index in [1.54, 1.807) is 0 Å². The largest absolute Gasteiger partial charge is 0.490 e. The van der Waals surface area contributed by atoms with E-state index in [9.17, 15) is 18.3 Å². The average Bonchev–Trinajstić information content (AvgIpc) is 2.71. The van der Waals surface area contributed by atoms with Crippen molar-refractivity contribution >= 4 is 16.2 Å². The van der Waals surface area contributed by atoms with Crippen LogP contribution in [0.25, 0.3) is 0 Å². The first kappa shape index (κ1) is 21.6. The number of hydrogen-bond acceptors (Lipinski definition) is 6. The van der Waals surface area contributed by atoms with Crippen LogP contribution in [-0.4, -0.2) is 65.1 Å². The van der Waals surface area contributed by atoms with Gasteiger partial charge in [-0.1, -0.05) is 18.2 Å². The van der Waals surface area contributed by atoms with E-state index in [4.69, 9.17) is 9.94 Å². The van der Waals surface area contributed by atoms with Gasteiger partial charge in [-0.15, -0.1) is 0 Å². The average molecular weight is 401 g/mol. The summed E-state index contributed by atoms with van der Waals surface area (Å²) in [6, 6.07) is 8.54. The van der Waals surface area contributed by atoms with Crippen LogP contribution in [0.15, 0.2) is 30.3 Å². The molecule has 0 aromatic heterocycles. The minimum absolute atomic E-state index is 0.0227. The van der Waals surface area contributed by atoms with Gasteiger partial charge in [-0.05, 0) is 44.2 Å². The SMILES string of the molecule is NO.O=C(O)C1CCCCN1S(=O)(=O)N1CCC(Oc2ccccc2)CC1. The molecule has 1 aromatic carbocycles. The first-order chi connectivity index (χ1) is 13.0. The molecule has 0 aliphatic carbocycles. The van der Waals surface area contributed by atoms with Gasteiger partial charge in [0.1, 0.15) is 17.9 Å². The highest BCUT2D eigenvalue weighted by Gasteiger charge is 2.41. The lowest BCUT2D eigenvalue weighted by atomic mass is 10.1. The summed E-state index contributed by atoms with van der Waals surface area (Å²) in [4.78, 5) is 11.4. The Hall–Kier alpha value is -1.72. The lowest BCUT2D eigenvalue weighted by Gasteiger charge is -2.38. The van der Waals surface area contributed by atoms with Crippen LogP contribution in [0.3, 0.4) is 0 Å². The van der Waals surface area contributed by atoms with Crippen molar-refractivity contribution in [1.29, 1.82) is 0 Å². The Morgan fingerprint density at radius 1 is 1.04 bits per heavy atom. The van der Waals surface area contributed by atoms with Crippen LogP contribution in [0.4, 0.5) is 0 Å². The number of nitrogens with two attached hydrogens (primary N) is 1. The Morgan fingerprint density at radius 2 is 1.67 bits per heavy atom. The summed E-state index contributed by atoms with van der Waals surface area (Å²) in [5.74, 6) is 3.22. The molecule has 9 nitrogen and oxygen atoms in total. The Labute approximate surface area is 159 Å². The summed E-state index contributed by atoms with van der Waals surface area (Å²) >= 11 is 0. The minimum Gasteiger partial charge on any atom is -0.490 e. The van der Waals surface area contributed by atoms with Gasteiger partial charge in [-0.25, -0.2) is 5.90 Å². The number of carbonyl (C=O) groups is 1. The second-order valence-electron chi connectivity index (χ2n) is 6.50. The van der Waals surface area contributed by atoms with E-state index in [2.05, 4.69) is 5.90 Å². The van der Waals surface area contributed by atoms with Crippen LogP contribution in [0.2, 0.25) is 0 Å². The number of carboxylic acids is 1. The minimum atomic E-state index is -3.75. The van der Waals surface area contributed by atoms with Crippen molar-refractivity contribution < 1.29 is 28.3 Å². The summed E-state index contributed by atoms with van der Waals surface area (Å²) in [7, 11) is -3.75. The van der Waals surface area contributed by atoms with Crippen LogP contribution in [0.5, 0.6) is 5.75 Å². The first-order valence-corrected chi connectivity index (χ1v) is 10.4. The fourth-order valence-corrected chi connectivity index (χ4v) is 5.29. The van der Waals surface area contributed by atoms with E-state index in [1.165, 1.54) is 4.31 Å². The topological polar surface area (TPSA) is 133 Å². The van der Waals surface area contributed by atoms with Gasteiger partial charge < -0.3 is 15.1 Å². The lowest BCUT2D eigenvalue weighted by Crippen LogP contribution is -2.55. The Kier molecular flexibility index (Phi) is 7.99. The Bertz CT molecular complexity index is 692. The molecule has 0 bridgehead atoms. The number of piperidine rings is 2. The highest BCUT2D eigenvalue weighted by molar-refractivity contribution is 7.86. The first-order valence-electron chi connectivity index (χ1n) is 8.96. The Balaban J connectivity index is 0.00000126. The van der Waals surface area contributed by atoms with E-state index in [1.807, 2.05) is 30.3 Å². The third-order valence-corrected chi connectivity index (χ3v) is 6.86. The predicted molar refractivity (Wildman–Crippen MR) is 98.5 cm³/mol. The molecule has 152 valence electrons. The summed E-state index contributed by atoms with van der Waals surface area (Å²) in [6.07, 6.45) is 3.00. The molecule has 2 saturated heterocycles. The van der Waals surface area contributed by atoms with Gasteiger partial charge in [-0.3, -0.25) is 4.79 Å². The summed E-state index contributed by atoms with van der Waals surface area (Å²) < 4.78 is 34.2. The molecule has 0 radical (unpaired) electrons. The maximum atomic E-state index is 12.9. The van der Waals surface area contributed by atoms with Crippen molar-refractivity contribution in [2.75, 3.05) is 19.6 Å². The standard InChI is InChI=1S/C17H24N2O5S.H3NO/c20-17(21)16-8-4-5-11-19(16)25(22,23)18-12-9-15(10-13-18)24-14-6-2-1-3-7-14;1-2/h1-3,6-7,15-16H,4-5,8-13H2,(H,20,21);2H,1H2. The van der Waals surface area contributed by atoms with E-state index < -0.39 is 22.2 Å². The quantitative estimate of drug-likeness (QED) is 0.628. The fraction of sp³-hybridized carbons (Fsp3) is 0.588. The van der Waals surface area contributed by atoms with E-state index >= 15 is 0 Å². The van der Waals surface area contributed by atoms with Crippen molar-refractivity contribution in [3.05, 3.63) is 30.3 Å². The molecule has 0 saturated carbocycles. The number of rotatable bonds is 5. The van der Waals surface area contributed by atoms with Crippen molar-refractivity contribution in [3.63, 3.8) is 0 Å². The van der Waals surface area contributed by atoms with E-state index in [0.29, 0.717) is 38.8 Å². The van der Waals surface area contributed by atoms with Crippen LogP contribution >= 0.6 is 0 Å². The van der Waals surface area contributed by atoms with Gasteiger partial charge in [0.2, 0.25) is 0 Å². The second kappa shape index (κ2) is 10.00. The second-order valence-corrected chi connectivity index (χ2v) is 8.38. The number of nitrogens with zero attached hydrogens (tertiary/aromatic N) is 2. The third-order valence-electron chi connectivity index (χ3n) is 4.81. The van der Waals surface area contributed by atoms with Gasteiger partial charge in [-0.2, -0.15) is 17.0 Å². The van der Waals surface area contributed by atoms with Crippen molar-refractivity contribution in [2.24, 2.45) is 5.90 Å². The number of carboxylic acid groups (broad SMARTS) is 1. The highest BCUT2D eigenvalue weighted by Crippen LogP contribution is 2.26. The molecular formula is C17H27N3O6S. The van der Waals surface area contributed by atoms with Crippen LogP contribution < -0.4 is 10.6 Å². The smallest absolute Gasteiger partial charge is 0.322 e. The molecule has 1 aromatic rings. The van der Waals surface area contributed by atoms with Gasteiger partial charge in [0.05, 0.1) is 0 Å². The maximum absolute atomic E-state index is 12.9. The molecule has 2 aliphatic rings. The zero-order valence-electron chi connectivity index (χ0n) is 15.1. The molecule has 1 atom stereocenters. The summed E-state index contributed by atoms with van der Waals surface area (Å²) in [6.45, 7) is 0.977. The Morgan fingerprint density at radius 3 is 2.26 bits per heavy atom. The molecule has 0 amide bonds. The molecule has 0 spiro atoms. The third kappa shape index (κ3) is 5.39. The zero-order chi connectivity index (χ0) is 19.9. The van der Waals surface area contributed by atoms with Crippen molar-refractivity contribution in [3.8, 4) is 5.75 Å².